The number of thiazole rings is 1. The van der Waals surface area contributed by atoms with E-state index in [1.54, 1.807) is 39.7 Å². The molecule has 152 valence electrons. The summed E-state index contributed by atoms with van der Waals surface area (Å²) < 4.78 is 18.9. The van der Waals surface area contributed by atoms with Gasteiger partial charge in [0, 0.05) is 44.5 Å². The van der Waals surface area contributed by atoms with Crippen LogP contribution in [0.3, 0.4) is 0 Å². The zero-order valence-electron chi connectivity index (χ0n) is 15.9. The monoisotopic (exact) mass is 431 g/mol. The van der Waals surface area contributed by atoms with Crippen molar-refractivity contribution >= 4 is 28.6 Å². The predicted octanol–water partition coefficient (Wildman–Crippen LogP) is 3.78. The number of aromatic nitrogens is 1. The van der Waals surface area contributed by atoms with Crippen LogP contribution in [0.4, 0.5) is 4.39 Å². The summed E-state index contributed by atoms with van der Waals surface area (Å²) in [7, 11) is 0. The maximum Gasteiger partial charge on any atom is 0.260 e. The Kier molecular flexibility index (Phi) is 6.53. The SMILES string of the molecule is O=C(COc1ccccc1F)N1CCN(CCc2nc(-c3cccs3)cs2)CC1. The summed E-state index contributed by atoms with van der Waals surface area (Å²) in [5.41, 5.74) is 1.06. The topological polar surface area (TPSA) is 45.7 Å². The van der Waals surface area contributed by atoms with Crippen molar-refractivity contribution in [1.29, 1.82) is 0 Å². The summed E-state index contributed by atoms with van der Waals surface area (Å²) in [6.07, 6.45) is 0.917. The Hall–Kier alpha value is -2.29. The van der Waals surface area contributed by atoms with Gasteiger partial charge in [0.05, 0.1) is 15.6 Å². The predicted molar refractivity (Wildman–Crippen MR) is 114 cm³/mol. The van der Waals surface area contributed by atoms with Crippen molar-refractivity contribution in [3.8, 4) is 16.3 Å². The molecule has 1 fully saturated rings. The zero-order valence-corrected chi connectivity index (χ0v) is 17.6. The van der Waals surface area contributed by atoms with Gasteiger partial charge in [-0.25, -0.2) is 9.37 Å². The number of ether oxygens (including phenoxy) is 1. The third-order valence-corrected chi connectivity index (χ3v) is 6.68. The number of rotatable bonds is 7. The van der Waals surface area contributed by atoms with E-state index in [-0.39, 0.29) is 18.3 Å². The first-order valence-electron chi connectivity index (χ1n) is 9.55. The van der Waals surface area contributed by atoms with Crippen molar-refractivity contribution in [2.24, 2.45) is 0 Å². The van der Waals surface area contributed by atoms with E-state index in [1.807, 2.05) is 6.07 Å². The van der Waals surface area contributed by atoms with Gasteiger partial charge in [-0.05, 0) is 23.6 Å². The van der Waals surface area contributed by atoms with E-state index in [1.165, 1.54) is 17.0 Å². The van der Waals surface area contributed by atoms with E-state index in [0.29, 0.717) is 13.1 Å². The molecular weight excluding hydrogens is 409 g/mol. The van der Waals surface area contributed by atoms with Crippen LogP contribution in [0.5, 0.6) is 5.75 Å². The molecule has 1 aliphatic rings. The van der Waals surface area contributed by atoms with Gasteiger partial charge in [0.1, 0.15) is 0 Å². The zero-order chi connectivity index (χ0) is 20.1. The summed E-state index contributed by atoms with van der Waals surface area (Å²) >= 11 is 3.41. The number of piperazine rings is 1. The highest BCUT2D eigenvalue weighted by atomic mass is 32.1. The first-order valence-corrected chi connectivity index (χ1v) is 11.3. The Labute approximate surface area is 177 Å². The number of halogens is 1. The van der Waals surface area contributed by atoms with Crippen molar-refractivity contribution in [2.75, 3.05) is 39.3 Å². The summed E-state index contributed by atoms with van der Waals surface area (Å²) in [5.74, 6) is -0.437. The summed E-state index contributed by atoms with van der Waals surface area (Å²) in [6.45, 7) is 3.79. The molecule has 0 N–H and O–H groups in total. The fourth-order valence-corrected chi connectivity index (χ4v) is 4.78. The Morgan fingerprint density at radius 2 is 1.93 bits per heavy atom. The van der Waals surface area contributed by atoms with Crippen LogP contribution in [0.25, 0.3) is 10.6 Å². The van der Waals surface area contributed by atoms with Crippen LogP contribution in [0.1, 0.15) is 5.01 Å². The standard InChI is InChI=1S/C21H22FN3O2S2/c22-16-4-1-2-5-18(16)27-14-21(26)25-11-9-24(10-12-25)8-7-20-23-17(15-29-20)19-6-3-13-28-19/h1-6,13,15H,7-12,14H2. The molecule has 2 aromatic heterocycles. The fourth-order valence-electron chi connectivity index (χ4n) is 3.23. The number of hydrogen-bond acceptors (Lipinski definition) is 6. The Bertz CT molecular complexity index is 937. The van der Waals surface area contributed by atoms with Crippen molar-refractivity contribution < 1.29 is 13.9 Å². The van der Waals surface area contributed by atoms with Gasteiger partial charge in [-0.1, -0.05) is 18.2 Å². The van der Waals surface area contributed by atoms with Gasteiger partial charge < -0.3 is 9.64 Å². The summed E-state index contributed by atoms with van der Waals surface area (Å²) in [5, 5.41) is 5.33. The van der Waals surface area contributed by atoms with E-state index >= 15 is 0 Å². The molecule has 0 bridgehead atoms. The molecule has 1 amide bonds. The lowest BCUT2D eigenvalue weighted by atomic mass is 10.3. The Morgan fingerprint density at radius 1 is 1.10 bits per heavy atom. The number of thiophene rings is 1. The number of para-hydroxylation sites is 1. The summed E-state index contributed by atoms with van der Waals surface area (Å²) in [4.78, 5) is 22.4. The third kappa shape index (κ3) is 5.20. The smallest absolute Gasteiger partial charge is 0.260 e. The first kappa shape index (κ1) is 20.0. The van der Waals surface area contributed by atoms with Crippen LogP contribution in [-0.4, -0.2) is 60.0 Å². The molecule has 8 heteroatoms. The second-order valence-electron chi connectivity index (χ2n) is 6.80. The summed E-state index contributed by atoms with van der Waals surface area (Å²) in [6, 6.07) is 10.3. The van der Waals surface area contributed by atoms with E-state index in [4.69, 9.17) is 9.72 Å². The second kappa shape index (κ2) is 9.47. The van der Waals surface area contributed by atoms with E-state index < -0.39 is 5.82 Å². The minimum Gasteiger partial charge on any atom is -0.481 e. The highest BCUT2D eigenvalue weighted by Crippen LogP contribution is 2.26. The maximum absolute atomic E-state index is 13.6. The molecule has 0 spiro atoms. The minimum atomic E-state index is -0.449. The molecule has 0 radical (unpaired) electrons. The van der Waals surface area contributed by atoms with Gasteiger partial charge in [-0.15, -0.1) is 22.7 Å². The number of benzene rings is 1. The molecular formula is C21H22FN3O2S2. The van der Waals surface area contributed by atoms with Crippen molar-refractivity contribution in [2.45, 2.75) is 6.42 Å². The van der Waals surface area contributed by atoms with Gasteiger partial charge in [0.15, 0.2) is 18.2 Å². The Morgan fingerprint density at radius 3 is 2.69 bits per heavy atom. The highest BCUT2D eigenvalue weighted by Gasteiger charge is 2.21. The fraction of sp³-hybridized carbons (Fsp3) is 0.333. The largest absolute Gasteiger partial charge is 0.481 e. The molecule has 1 aliphatic heterocycles. The Balaban J connectivity index is 1.19. The number of nitrogens with zero attached hydrogens (tertiary/aromatic N) is 3. The second-order valence-corrected chi connectivity index (χ2v) is 8.69. The highest BCUT2D eigenvalue weighted by molar-refractivity contribution is 7.14. The quantitative estimate of drug-likeness (QED) is 0.571. The van der Waals surface area contributed by atoms with Crippen LogP contribution >= 0.6 is 22.7 Å². The van der Waals surface area contributed by atoms with Gasteiger partial charge in [-0.2, -0.15) is 0 Å². The van der Waals surface area contributed by atoms with Crippen LogP contribution in [0.2, 0.25) is 0 Å². The van der Waals surface area contributed by atoms with E-state index in [2.05, 4.69) is 21.7 Å². The average molecular weight is 432 g/mol. The van der Waals surface area contributed by atoms with Gasteiger partial charge >= 0.3 is 0 Å². The van der Waals surface area contributed by atoms with Crippen molar-refractivity contribution in [1.82, 2.24) is 14.8 Å². The lowest BCUT2D eigenvalue weighted by Crippen LogP contribution is -2.50. The van der Waals surface area contributed by atoms with Gasteiger partial charge in [0.2, 0.25) is 0 Å². The number of carbonyl (C=O) groups is 1. The maximum atomic E-state index is 13.6. The van der Waals surface area contributed by atoms with E-state index in [9.17, 15) is 9.18 Å². The lowest BCUT2D eigenvalue weighted by molar-refractivity contribution is -0.135. The minimum absolute atomic E-state index is 0.103. The molecule has 0 atom stereocenters. The molecule has 0 unspecified atom stereocenters. The third-order valence-electron chi connectivity index (χ3n) is 4.88. The lowest BCUT2D eigenvalue weighted by Gasteiger charge is -2.34. The number of carbonyl (C=O) groups excluding carboxylic acids is 1. The van der Waals surface area contributed by atoms with Crippen LogP contribution < -0.4 is 4.74 Å². The van der Waals surface area contributed by atoms with Gasteiger partial charge in [0.25, 0.3) is 5.91 Å². The molecule has 1 aromatic carbocycles. The molecule has 3 heterocycles. The van der Waals surface area contributed by atoms with Crippen LogP contribution in [0.15, 0.2) is 47.2 Å². The van der Waals surface area contributed by atoms with Crippen LogP contribution in [-0.2, 0) is 11.2 Å². The van der Waals surface area contributed by atoms with Gasteiger partial charge in [-0.3, -0.25) is 9.69 Å². The van der Waals surface area contributed by atoms with E-state index in [0.717, 1.165) is 36.8 Å². The normalized spacial score (nSPS) is 14.9. The van der Waals surface area contributed by atoms with Crippen molar-refractivity contribution in [3.63, 3.8) is 0 Å². The molecule has 1 saturated heterocycles. The first-order chi connectivity index (χ1) is 14.2. The molecule has 0 aliphatic carbocycles. The number of amides is 1. The molecule has 3 aromatic rings. The molecule has 29 heavy (non-hydrogen) atoms. The molecule has 5 nitrogen and oxygen atoms in total. The van der Waals surface area contributed by atoms with Crippen LogP contribution in [0, 0.1) is 5.82 Å². The molecule has 0 saturated carbocycles. The molecule has 4 rings (SSSR count). The van der Waals surface area contributed by atoms with Crippen molar-refractivity contribution in [3.05, 3.63) is 58.0 Å². The average Bonchev–Trinajstić information content (AvgIpc) is 3.44. The number of hydrogen-bond donors (Lipinski definition) is 0.